The summed E-state index contributed by atoms with van der Waals surface area (Å²) in [6.07, 6.45) is 0.216. The van der Waals surface area contributed by atoms with Crippen molar-refractivity contribution < 1.29 is 14.7 Å². The molecule has 0 saturated heterocycles. The number of nitrogens with zero attached hydrogens (tertiary/aromatic N) is 1. The lowest BCUT2D eigenvalue weighted by Gasteiger charge is -2.15. The summed E-state index contributed by atoms with van der Waals surface area (Å²) in [5, 5.41) is 17.1. The summed E-state index contributed by atoms with van der Waals surface area (Å²) < 4.78 is 0. The Morgan fingerprint density at radius 2 is 1.54 bits per heavy atom. The SMILES string of the molecule is O=C(NC(Cc1ccccc1)C(=O)O)c1ccc2ccc(-c3nc(-c4ccccc4)cs3)cc2c1. The minimum Gasteiger partial charge on any atom is -0.480 e. The van der Waals surface area contributed by atoms with Crippen LogP contribution < -0.4 is 5.32 Å². The number of carbonyl (C=O) groups is 2. The number of carboxylic acids is 1. The van der Waals surface area contributed by atoms with E-state index < -0.39 is 17.9 Å². The van der Waals surface area contributed by atoms with Crippen LogP contribution in [0.2, 0.25) is 0 Å². The molecule has 172 valence electrons. The lowest BCUT2D eigenvalue weighted by molar-refractivity contribution is -0.139. The number of fused-ring (bicyclic) bond motifs is 1. The van der Waals surface area contributed by atoms with E-state index in [0.717, 1.165) is 38.2 Å². The first-order valence-corrected chi connectivity index (χ1v) is 12.1. The van der Waals surface area contributed by atoms with E-state index in [0.29, 0.717) is 5.56 Å². The van der Waals surface area contributed by atoms with Crippen molar-refractivity contribution >= 4 is 34.0 Å². The van der Waals surface area contributed by atoms with Gasteiger partial charge in [0.2, 0.25) is 0 Å². The number of aliphatic carboxylic acids is 1. The molecule has 1 heterocycles. The third-order valence-electron chi connectivity index (χ3n) is 5.81. The maximum Gasteiger partial charge on any atom is 0.326 e. The van der Waals surface area contributed by atoms with Gasteiger partial charge in [0.25, 0.3) is 5.91 Å². The quantitative estimate of drug-likeness (QED) is 0.298. The maximum atomic E-state index is 12.9. The predicted octanol–water partition coefficient (Wildman–Crippen LogP) is 6.06. The van der Waals surface area contributed by atoms with E-state index in [1.807, 2.05) is 90.3 Å². The fraction of sp³-hybridized carbons (Fsp3) is 0.0690. The summed E-state index contributed by atoms with van der Waals surface area (Å²) in [6, 6.07) is 29.7. The van der Waals surface area contributed by atoms with Crippen LogP contribution in [0.3, 0.4) is 0 Å². The Morgan fingerprint density at radius 3 is 2.29 bits per heavy atom. The molecule has 1 aromatic heterocycles. The molecule has 0 aliphatic heterocycles. The minimum atomic E-state index is -1.07. The molecule has 6 heteroatoms. The number of amides is 1. The normalized spacial score (nSPS) is 11.8. The van der Waals surface area contributed by atoms with Gasteiger partial charge < -0.3 is 10.4 Å². The number of thiazole rings is 1. The molecule has 5 nitrogen and oxygen atoms in total. The van der Waals surface area contributed by atoms with E-state index in [9.17, 15) is 14.7 Å². The molecule has 0 bridgehead atoms. The van der Waals surface area contributed by atoms with Gasteiger partial charge in [-0.05, 0) is 34.5 Å². The molecule has 0 radical (unpaired) electrons. The number of aromatic nitrogens is 1. The summed E-state index contributed by atoms with van der Waals surface area (Å²) in [5.41, 5.74) is 4.23. The van der Waals surface area contributed by atoms with Crippen LogP contribution in [0.1, 0.15) is 15.9 Å². The molecule has 0 saturated carbocycles. The first-order chi connectivity index (χ1) is 17.1. The van der Waals surface area contributed by atoms with Crippen molar-refractivity contribution in [1.82, 2.24) is 10.3 Å². The molecule has 1 unspecified atom stereocenters. The molecule has 0 spiro atoms. The Labute approximate surface area is 206 Å². The number of rotatable bonds is 7. The zero-order valence-electron chi connectivity index (χ0n) is 18.7. The number of benzene rings is 4. The summed E-state index contributed by atoms with van der Waals surface area (Å²) in [5.74, 6) is -1.48. The van der Waals surface area contributed by atoms with Crippen molar-refractivity contribution in [1.29, 1.82) is 0 Å². The molecule has 1 atom stereocenters. The number of nitrogens with one attached hydrogen (secondary N) is 1. The number of carboxylic acid groups (broad SMARTS) is 1. The van der Waals surface area contributed by atoms with Crippen LogP contribution in [-0.2, 0) is 11.2 Å². The van der Waals surface area contributed by atoms with E-state index in [2.05, 4.69) is 5.32 Å². The largest absolute Gasteiger partial charge is 0.480 e. The average molecular weight is 479 g/mol. The van der Waals surface area contributed by atoms with Crippen LogP contribution in [0.5, 0.6) is 0 Å². The van der Waals surface area contributed by atoms with Crippen molar-refractivity contribution in [2.75, 3.05) is 0 Å². The van der Waals surface area contributed by atoms with Gasteiger partial charge in [0.05, 0.1) is 5.69 Å². The lowest BCUT2D eigenvalue weighted by Crippen LogP contribution is -2.42. The molecular weight excluding hydrogens is 456 g/mol. The second-order valence-corrected chi connectivity index (χ2v) is 9.09. The van der Waals surface area contributed by atoms with Gasteiger partial charge in [0.15, 0.2) is 0 Å². The molecule has 0 fully saturated rings. The van der Waals surface area contributed by atoms with E-state index >= 15 is 0 Å². The van der Waals surface area contributed by atoms with Gasteiger partial charge in [0, 0.05) is 28.5 Å². The van der Waals surface area contributed by atoms with Crippen molar-refractivity contribution in [3.63, 3.8) is 0 Å². The van der Waals surface area contributed by atoms with Crippen molar-refractivity contribution in [3.8, 4) is 21.8 Å². The smallest absolute Gasteiger partial charge is 0.326 e. The lowest BCUT2D eigenvalue weighted by atomic mass is 10.0. The van der Waals surface area contributed by atoms with Gasteiger partial charge in [0.1, 0.15) is 11.0 Å². The molecule has 35 heavy (non-hydrogen) atoms. The molecule has 4 aromatic carbocycles. The topological polar surface area (TPSA) is 79.3 Å². The Balaban J connectivity index is 1.38. The zero-order chi connectivity index (χ0) is 24.2. The molecular formula is C29H22N2O3S. The molecule has 5 aromatic rings. The van der Waals surface area contributed by atoms with Gasteiger partial charge in [-0.25, -0.2) is 9.78 Å². The van der Waals surface area contributed by atoms with Crippen LogP contribution in [0.25, 0.3) is 32.6 Å². The van der Waals surface area contributed by atoms with E-state index in [1.54, 1.807) is 23.5 Å². The van der Waals surface area contributed by atoms with Crippen LogP contribution >= 0.6 is 11.3 Å². The molecule has 0 aliphatic rings. The highest BCUT2D eigenvalue weighted by Crippen LogP contribution is 2.31. The number of carbonyl (C=O) groups excluding carboxylic acids is 1. The van der Waals surface area contributed by atoms with Gasteiger partial charge >= 0.3 is 5.97 Å². The summed E-state index contributed by atoms with van der Waals surface area (Å²) >= 11 is 1.57. The van der Waals surface area contributed by atoms with Crippen LogP contribution in [0, 0.1) is 0 Å². The molecule has 2 N–H and O–H groups in total. The average Bonchev–Trinajstić information content (AvgIpc) is 3.39. The standard InChI is InChI=1S/C29H22N2O3S/c32-27(30-25(29(33)34)15-19-7-3-1-4-8-19)22-13-11-20-12-14-23(17-24(20)16-22)28-31-26(18-35-28)21-9-5-2-6-10-21/h1-14,16-18,25H,15H2,(H,30,32)(H,33,34). The summed E-state index contributed by atoms with van der Waals surface area (Å²) in [4.78, 5) is 29.5. The highest BCUT2D eigenvalue weighted by Gasteiger charge is 2.21. The van der Waals surface area contributed by atoms with Crippen LogP contribution in [-0.4, -0.2) is 28.0 Å². The zero-order valence-corrected chi connectivity index (χ0v) is 19.5. The molecule has 1 amide bonds. The Kier molecular flexibility index (Phi) is 6.37. The van der Waals surface area contributed by atoms with Crippen LogP contribution in [0.15, 0.2) is 102 Å². The number of hydrogen-bond donors (Lipinski definition) is 2. The van der Waals surface area contributed by atoms with Gasteiger partial charge in [-0.3, -0.25) is 4.79 Å². The third-order valence-corrected chi connectivity index (χ3v) is 6.70. The second-order valence-electron chi connectivity index (χ2n) is 8.23. The number of hydrogen-bond acceptors (Lipinski definition) is 4. The second kappa shape index (κ2) is 9.91. The van der Waals surface area contributed by atoms with Gasteiger partial charge in [-0.1, -0.05) is 78.9 Å². The molecule has 0 aliphatic carbocycles. The van der Waals surface area contributed by atoms with Crippen molar-refractivity contribution in [2.24, 2.45) is 0 Å². The monoisotopic (exact) mass is 478 g/mol. The summed E-state index contributed by atoms with van der Waals surface area (Å²) in [6.45, 7) is 0. The minimum absolute atomic E-state index is 0.216. The van der Waals surface area contributed by atoms with Crippen molar-refractivity contribution in [2.45, 2.75) is 12.5 Å². The van der Waals surface area contributed by atoms with Crippen LogP contribution in [0.4, 0.5) is 0 Å². The fourth-order valence-electron chi connectivity index (χ4n) is 3.96. The Morgan fingerprint density at radius 1 is 0.829 bits per heavy atom. The first-order valence-electron chi connectivity index (χ1n) is 11.2. The van der Waals surface area contributed by atoms with E-state index in [1.165, 1.54) is 0 Å². The highest BCUT2D eigenvalue weighted by atomic mass is 32.1. The summed E-state index contributed by atoms with van der Waals surface area (Å²) in [7, 11) is 0. The Hall–Kier alpha value is -4.29. The highest BCUT2D eigenvalue weighted by molar-refractivity contribution is 7.13. The van der Waals surface area contributed by atoms with Gasteiger partial charge in [-0.15, -0.1) is 11.3 Å². The first kappa shape index (κ1) is 22.5. The third kappa shape index (κ3) is 5.13. The fourth-order valence-corrected chi connectivity index (χ4v) is 4.79. The van der Waals surface area contributed by atoms with E-state index in [4.69, 9.17) is 4.98 Å². The van der Waals surface area contributed by atoms with E-state index in [-0.39, 0.29) is 6.42 Å². The molecule has 5 rings (SSSR count). The van der Waals surface area contributed by atoms with Crippen molar-refractivity contribution in [3.05, 3.63) is 114 Å². The van der Waals surface area contributed by atoms with Gasteiger partial charge in [-0.2, -0.15) is 0 Å². The predicted molar refractivity (Wildman–Crippen MR) is 140 cm³/mol. The maximum absolute atomic E-state index is 12.9. The Bertz CT molecular complexity index is 1500.